The number of aliphatic carboxylic acids is 1. The summed E-state index contributed by atoms with van der Waals surface area (Å²) < 4.78 is 0. The summed E-state index contributed by atoms with van der Waals surface area (Å²) in [6, 6.07) is 6.69. The van der Waals surface area contributed by atoms with Crippen molar-refractivity contribution in [2.24, 2.45) is 0 Å². The largest absolute Gasteiger partial charge is 0.480 e. The molecule has 1 saturated heterocycles. The Morgan fingerprint density at radius 1 is 1.43 bits per heavy atom. The van der Waals surface area contributed by atoms with Crippen LogP contribution in [0.2, 0.25) is 5.02 Å². The highest BCUT2D eigenvalue weighted by Gasteiger charge is 2.38. The summed E-state index contributed by atoms with van der Waals surface area (Å²) in [7, 11) is 0. The third-order valence-electron chi connectivity index (χ3n) is 3.75. The van der Waals surface area contributed by atoms with E-state index in [1.165, 1.54) is 4.90 Å². The zero-order valence-electron chi connectivity index (χ0n) is 11.9. The molecule has 114 valence electrons. The summed E-state index contributed by atoms with van der Waals surface area (Å²) in [6.45, 7) is 2.21. The quantitative estimate of drug-likeness (QED) is 0.895. The molecule has 2 N–H and O–H groups in total. The van der Waals surface area contributed by atoms with Crippen LogP contribution in [-0.4, -0.2) is 35.6 Å². The van der Waals surface area contributed by atoms with Gasteiger partial charge >= 0.3 is 5.97 Å². The Morgan fingerprint density at radius 3 is 2.76 bits per heavy atom. The molecule has 0 radical (unpaired) electrons. The van der Waals surface area contributed by atoms with Gasteiger partial charge in [0, 0.05) is 10.7 Å². The molecule has 1 aromatic carbocycles. The van der Waals surface area contributed by atoms with Crippen LogP contribution in [0.15, 0.2) is 24.3 Å². The first-order chi connectivity index (χ1) is 9.92. The highest BCUT2D eigenvalue weighted by Crippen LogP contribution is 2.26. The number of anilines is 1. The van der Waals surface area contributed by atoms with Crippen molar-refractivity contribution in [3.8, 4) is 0 Å². The lowest BCUT2D eigenvalue weighted by Gasteiger charge is -2.37. The summed E-state index contributed by atoms with van der Waals surface area (Å²) in [5.41, 5.74) is -0.223. The number of hydrogen-bond acceptors (Lipinski definition) is 3. The van der Waals surface area contributed by atoms with Crippen molar-refractivity contribution in [3.05, 3.63) is 29.3 Å². The van der Waals surface area contributed by atoms with E-state index in [-0.39, 0.29) is 12.5 Å². The molecule has 0 aliphatic carbocycles. The minimum atomic E-state index is -1.05. The fourth-order valence-corrected chi connectivity index (χ4v) is 2.78. The molecule has 1 heterocycles. The number of carboxylic acids is 1. The van der Waals surface area contributed by atoms with Crippen LogP contribution in [0.25, 0.3) is 0 Å². The number of rotatable bonds is 4. The predicted octanol–water partition coefficient (Wildman–Crippen LogP) is 2.29. The summed E-state index contributed by atoms with van der Waals surface area (Å²) in [5.74, 6) is -1.28. The van der Waals surface area contributed by atoms with Gasteiger partial charge in [0.2, 0.25) is 5.91 Å². The second-order valence-electron chi connectivity index (χ2n) is 5.48. The molecule has 1 amide bonds. The van der Waals surface area contributed by atoms with Gasteiger partial charge in [0.05, 0.1) is 5.54 Å². The Bertz CT molecular complexity index is 541. The van der Waals surface area contributed by atoms with Gasteiger partial charge in [0.1, 0.15) is 6.54 Å². The van der Waals surface area contributed by atoms with Gasteiger partial charge in [0.25, 0.3) is 0 Å². The maximum absolute atomic E-state index is 12.8. The lowest BCUT2D eigenvalue weighted by molar-refractivity contribution is -0.137. The average molecular weight is 311 g/mol. The Morgan fingerprint density at radius 2 is 2.19 bits per heavy atom. The number of piperidine rings is 1. The summed E-state index contributed by atoms with van der Waals surface area (Å²) in [4.78, 5) is 25.2. The van der Waals surface area contributed by atoms with Crippen LogP contribution < -0.4 is 10.2 Å². The topological polar surface area (TPSA) is 69.6 Å². The van der Waals surface area contributed by atoms with Gasteiger partial charge in [-0.1, -0.05) is 17.7 Å². The van der Waals surface area contributed by atoms with E-state index >= 15 is 0 Å². The Balaban J connectivity index is 2.31. The van der Waals surface area contributed by atoms with E-state index in [2.05, 4.69) is 5.32 Å². The van der Waals surface area contributed by atoms with Crippen molar-refractivity contribution in [3.63, 3.8) is 0 Å². The van der Waals surface area contributed by atoms with E-state index in [0.29, 0.717) is 17.1 Å². The Labute approximate surface area is 128 Å². The SMILES string of the molecule is CC1(C(=O)N(CC(=O)O)c2cccc(Cl)c2)CCCCN1. The minimum absolute atomic E-state index is 0.230. The fourth-order valence-electron chi connectivity index (χ4n) is 2.60. The van der Waals surface area contributed by atoms with Crippen molar-refractivity contribution in [2.75, 3.05) is 18.0 Å². The monoisotopic (exact) mass is 310 g/mol. The van der Waals surface area contributed by atoms with Crippen molar-refractivity contribution >= 4 is 29.2 Å². The van der Waals surface area contributed by atoms with E-state index in [0.717, 1.165) is 19.4 Å². The van der Waals surface area contributed by atoms with Gasteiger partial charge in [-0.2, -0.15) is 0 Å². The van der Waals surface area contributed by atoms with Crippen molar-refractivity contribution < 1.29 is 14.7 Å². The average Bonchev–Trinajstić information content (AvgIpc) is 2.44. The molecule has 21 heavy (non-hydrogen) atoms. The molecule has 1 fully saturated rings. The number of hydrogen-bond donors (Lipinski definition) is 2. The number of carbonyl (C=O) groups excluding carboxylic acids is 1. The predicted molar refractivity (Wildman–Crippen MR) is 81.7 cm³/mol. The number of nitrogens with zero attached hydrogens (tertiary/aromatic N) is 1. The molecule has 1 unspecified atom stereocenters. The maximum atomic E-state index is 12.8. The standard InChI is InChI=1S/C15H19ClN2O3/c1-15(7-2-3-8-17-15)14(21)18(10-13(19)20)12-6-4-5-11(16)9-12/h4-6,9,17H,2-3,7-8,10H2,1H3,(H,19,20). The van der Waals surface area contributed by atoms with Crippen LogP contribution >= 0.6 is 11.6 Å². The molecule has 1 aliphatic heterocycles. The zero-order chi connectivity index (χ0) is 15.5. The fraction of sp³-hybridized carbons (Fsp3) is 0.467. The van der Waals surface area contributed by atoms with Gasteiger partial charge in [-0.3, -0.25) is 14.5 Å². The van der Waals surface area contributed by atoms with Crippen LogP contribution in [0, 0.1) is 0 Å². The summed E-state index contributed by atoms with van der Waals surface area (Å²) >= 11 is 5.95. The number of amides is 1. The zero-order valence-corrected chi connectivity index (χ0v) is 12.7. The lowest BCUT2D eigenvalue weighted by atomic mass is 9.89. The highest BCUT2D eigenvalue weighted by atomic mass is 35.5. The first-order valence-corrected chi connectivity index (χ1v) is 7.34. The van der Waals surface area contributed by atoms with Gasteiger partial charge < -0.3 is 10.4 Å². The molecule has 0 spiro atoms. The van der Waals surface area contributed by atoms with E-state index in [1.807, 2.05) is 6.92 Å². The second kappa shape index (κ2) is 6.45. The molecule has 6 heteroatoms. The number of nitrogens with one attached hydrogen (secondary N) is 1. The Hall–Kier alpha value is -1.59. The van der Waals surface area contributed by atoms with E-state index in [9.17, 15) is 9.59 Å². The number of carbonyl (C=O) groups is 2. The molecule has 0 bridgehead atoms. The third-order valence-corrected chi connectivity index (χ3v) is 3.98. The molecular formula is C15H19ClN2O3. The van der Waals surface area contributed by atoms with E-state index < -0.39 is 11.5 Å². The van der Waals surface area contributed by atoms with Crippen LogP contribution in [0.5, 0.6) is 0 Å². The van der Waals surface area contributed by atoms with Crippen LogP contribution in [-0.2, 0) is 9.59 Å². The summed E-state index contributed by atoms with van der Waals surface area (Å²) in [5, 5.41) is 12.8. The number of halogens is 1. The van der Waals surface area contributed by atoms with Crippen molar-refractivity contribution in [1.82, 2.24) is 5.32 Å². The minimum Gasteiger partial charge on any atom is -0.480 e. The molecular weight excluding hydrogens is 292 g/mol. The molecule has 1 atom stereocenters. The van der Waals surface area contributed by atoms with Crippen molar-refractivity contribution in [1.29, 1.82) is 0 Å². The van der Waals surface area contributed by atoms with Crippen molar-refractivity contribution in [2.45, 2.75) is 31.7 Å². The molecule has 2 rings (SSSR count). The molecule has 1 aromatic rings. The molecule has 0 saturated carbocycles. The molecule has 1 aliphatic rings. The Kier molecular flexibility index (Phi) is 4.85. The smallest absolute Gasteiger partial charge is 0.323 e. The number of carboxylic acid groups (broad SMARTS) is 1. The molecule has 0 aromatic heterocycles. The lowest BCUT2D eigenvalue weighted by Crippen LogP contribution is -2.59. The first kappa shape index (κ1) is 15.8. The number of benzene rings is 1. The van der Waals surface area contributed by atoms with Gasteiger partial charge in [0.15, 0.2) is 0 Å². The van der Waals surface area contributed by atoms with Gasteiger partial charge in [-0.15, -0.1) is 0 Å². The van der Waals surface area contributed by atoms with E-state index in [4.69, 9.17) is 16.7 Å². The van der Waals surface area contributed by atoms with Gasteiger partial charge in [-0.25, -0.2) is 0 Å². The maximum Gasteiger partial charge on any atom is 0.323 e. The highest BCUT2D eigenvalue weighted by molar-refractivity contribution is 6.31. The third kappa shape index (κ3) is 3.74. The molecule has 5 nitrogen and oxygen atoms in total. The summed E-state index contributed by atoms with van der Waals surface area (Å²) in [6.07, 6.45) is 2.67. The normalized spacial score (nSPS) is 21.8. The van der Waals surface area contributed by atoms with Crippen LogP contribution in [0.3, 0.4) is 0 Å². The van der Waals surface area contributed by atoms with Gasteiger partial charge in [-0.05, 0) is 50.9 Å². The first-order valence-electron chi connectivity index (χ1n) is 6.97. The second-order valence-corrected chi connectivity index (χ2v) is 5.92. The van der Waals surface area contributed by atoms with Crippen LogP contribution in [0.4, 0.5) is 5.69 Å². The van der Waals surface area contributed by atoms with E-state index in [1.54, 1.807) is 24.3 Å². The van der Waals surface area contributed by atoms with Crippen LogP contribution in [0.1, 0.15) is 26.2 Å².